The van der Waals surface area contributed by atoms with E-state index >= 15 is 0 Å². The van der Waals surface area contributed by atoms with Crippen LogP contribution in [-0.4, -0.2) is 69.6 Å². The first-order valence-corrected chi connectivity index (χ1v) is 12.5. The van der Waals surface area contributed by atoms with Gasteiger partial charge in [-0.2, -0.15) is 0 Å². The zero-order valence-electron chi connectivity index (χ0n) is 17.8. The largest absolute Gasteiger partial charge is 0.466 e. The summed E-state index contributed by atoms with van der Waals surface area (Å²) < 4.78 is 4.80. The van der Waals surface area contributed by atoms with Gasteiger partial charge in [-0.15, -0.1) is 11.8 Å². The second-order valence-corrected chi connectivity index (χ2v) is 10.7. The van der Waals surface area contributed by atoms with Crippen LogP contribution in [0.25, 0.3) is 0 Å². The van der Waals surface area contributed by atoms with Crippen molar-refractivity contribution >= 4 is 29.5 Å². The first-order valence-electron chi connectivity index (χ1n) is 11.6. The number of nitrogens with one attached hydrogen (secondary N) is 1. The predicted octanol–water partition coefficient (Wildman–Crippen LogP) is 1.86. The highest BCUT2D eigenvalue weighted by atomic mass is 32.2. The molecule has 7 nitrogen and oxygen atoms in total. The lowest BCUT2D eigenvalue weighted by Crippen LogP contribution is -2.55. The number of likely N-dealkylation sites (tertiary alicyclic amines) is 1. The Bertz CT molecular complexity index is 682. The summed E-state index contributed by atoms with van der Waals surface area (Å²) in [5, 5.41) is 12.5. The van der Waals surface area contributed by atoms with Gasteiger partial charge in [0.2, 0.25) is 11.8 Å². The van der Waals surface area contributed by atoms with Crippen molar-refractivity contribution in [1.29, 1.82) is 0 Å². The van der Waals surface area contributed by atoms with Crippen LogP contribution in [0.15, 0.2) is 0 Å². The van der Waals surface area contributed by atoms with Gasteiger partial charge in [-0.25, -0.2) is 0 Å². The van der Waals surface area contributed by atoms with E-state index in [1.54, 1.807) is 23.6 Å². The van der Waals surface area contributed by atoms with Crippen LogP contribution in [0.4, 0.5) is 0 Å². The summed E-state index contributed by atoms with van der Waals surface area (Å²) in [5.74, 6) is -1.36. The van der Waals surface area contributed by atoms with Gasteiger partial charge in [0.15, 0.2) is 0 Å². The average Bonchev–Trinajstić information content (AvgIpc) is 3.37. The Balaban J connectivity index is 1.60. The lowest BCUT2D eigenvalue weighted by Gasteiger charge is -2.35. The van der Waals surface area contributed by atoms with Gasteiger partial charge in [0, 0.05) is 24.4 Å². The number of carbonyl (C=O) groups excluding carboxylic acids is 3. The number of fused-ring (bicyclic) bond motifs is 1. The molecule has 4 fully saturated rings. The van der Waals surface area contributed by atoms with Gasteiger partial charge in [-0.05, 0) is 45.4 Å². The Kier molecular flexibility index (Phi) is 6.63. The molecule has 4 rings (SSSR count). The smallest absolute Gasteiger partial charge is 0.310 e. The first-order chi connectivity index (χ1) is 14.5. The zero-order chi connectivity index (χ0) is 21.3. The van der Waals surface area contributed by atoms with Crippen LogP contribution in [0.1, 0.15) is 64.7 Å². The van der Waals surface area contributed by atoms with Crippen LogP contribution in [0.2, 0.25) is 0 Å². The molecule has 2 amide bonds. The molecular formula is C22H34N2O5S. The minimum absolute atomic E-state index is 0.0561. The molecule has 0 radical (unpaired) electrons. The first kappa shape index (κ1) is 21.9. The maximum absolute atomic E-state index is 13.6. The normalized spacial score (nSPS) is 35.5. The molecular weight excluding hydrogens is 404 g/mol. The van der Waals surface area contributed by atoms with E-state index in [9.17, 15) is 19.5 Å². The molecule has 168 valence electrons. The fourth-order valence-electron chi connectivity index (χ4n) is 6.12. The lowest BCUT2D eigenvalue weighted by molar-refractivity contribution is -0.153. The Morgan fingerprint density at radius 2 is 2.00 bits per heavy atom. The third-order valence-corrected chi connectivity index (χ3v) is 9.32. The van der Waals surface area contributed by atoms with Crippen molar-refractivity contribution in [2.24, 2.45) is 11.8 Å². The van der Waals surface area contributed by atoms with Crippen molar-refractivity contribution in [3.05, 3.63) is 0 Å². The molecule has 1 saturated carbocycles. The molecule has 0 aromatic rings. The maximum Gasteiger partial charge on any atom is 0.310 e. The van der Waals surface area contributed by atoms with Gasteiger partial charge < -0.3 is 20.1 Å². The Morgan fingerprint density at radius 3 is 2.70 bits per heavy atom. The quantitative estimate of drug-likeness (QED) is 0.444. The van der Waals surface area contributed by atoms with Crippen LogP contribution in [0, 0.1) is 11.8 Å². The second-order valence-electron chi connectivity index (χ2n) is 9.11. The number of unbranched alkanes of at least 4 members (excludes halogenated alkanes) is 1. The standard InChI is InChI=1S/C22H34N2O5S/c1-2-29-21(28)16-15-10-11-22(30-15)17(16)20(27)24(12-6-7-13-25)18(22)19(26)23-14-8-4-3-5-9-14/h14-18,25H,2-13H2,1H3,(H,23,26)/t15-,16+,17-,18?,22?/m0/s1. The van der Waals surface area contributed by atoms with Crippen molar-refractivity contribution in [2.75, 3.05) is 19.8 Å². The van der Waals surface area contributed by atoms with Crippen LogP contribution in [0.5, 0.6) is 0 Å². The van der Waals surface area contributed by atoms with E-state index in [0.717, 1.165) is 38.5 Å². The van der Waals surface area contributed by atoms with Crippen LogP contribution < -0.4 is 5.32 Å². The number of esters is 1. The number of amides is 2. The molecule has 30 heavy (non-hydrogen) atoms. The van der Waals surface area contributed by atoms with Gasteiger partial charge in [0.05, 0.1) is 23.2 Å². The zero-order valence-corrected chi connectivity index (χ0v) is 18.6. The third-order valence-electron chi connectivity index (χ3n) is 7.37. The van der Waals surface area contributed by atoms with Crippen molar-refractivity contribution < 1.29 is 24.2 Å². The SMILES string of the molecule is CCOC(=O)[C@@H]1[C@@H]2CCC3(S2)C(C(=O)NC2CCCCC2)N(CCCCO)C(=O)[C@H]13. The number of hydrogen-bond acceptors (Lipinski definition) is 6. The Morgan fingerprint density at radius 1 is 1.23 bits per heavy atom. The fourth-order valence-corrected chi connectivity index (χ4v) is 8.33. The number of nitrogens with zero attached hydrogens (tertiary/aromatic N) is 1. The molecule has 5 atom stereocenters. The summed E-state index contributed by atoms with van der Waals surface area (Å²) in [6.45, 7) is 2.59. The minimum atomic E-state index is -0.537. The van der Waals surface area contributed by atoms with Gasteiger partial charge >= 0.3 is 5.97 Å². The summed E-state index contributed by atoms with van der Waals surface area (Å²) in [5.41, 5.74) is 0. The van der Waals surface area contributed by atoms with Crippen LogP contribution in [-0.2, 0) is 19.1 Å². The molecule has 0 aromatic heterocycles. The van der Waals surface area contributed by atoms with Crippen molar-refractivity contribution in [3.8, 4) is 0 Å². The molecule has 2 unspecified atom stereocenters. The van der Waals surface area contributed by atoms with E-state index in [4.69, 9.17) is 4.74 Å². The van der Waals surface area contributed by atoms with Crippen molar-refractivity contribution in [3.63, 3.8) is 0 Å². The molecule has 1 aliphatic carbocycles. The number of rotatable bonds is 8. The molecule has 2 bridgehead atoms. The average molecular weight is 439 g/mol. The Hall–Kier alpha value is -1.28. The Labute approximate surface area is 182 Å². The minimum Gasteiger partial charge on any atom is -0.466 e. The lowest BCUT2D eigenvalue weighted by atomic mass is 9.71. The number of ether oxygens (including phenoxy) is 1. The molecule has 2 N–H and O–H groups in total. The topological polar surface area (TPSA) is 95.9 Å². The molecule has 8 heteroatoms. The van der Waals surface area contributed by atoms with Crippen molar-refractivity contribution in [1.82, 2.24) is 10.2 Å². The molecule has 3 aliphatic heterocycles. The summed E-state index contributed by atoms with van der Waals surface area (Å²) >= 11 is 1.68. The number of carbonyl (C=O) groups is 3. The highest BCUT2D eigenvalue weighted by molar-refractivity contribution is 8.02. The molecule has 3 saturated heterocycles. The summed E-state index contributed by atoms with van der Waals surface area (Å²) in [6, 6.07) is -0.356. The van der Waals surface area contributed by atoms with E-state index in [-0.39, 0.29) is 35.7 Å². The summed E-state index contributed by atoms with van der Waals surface area (Å²) in [6.07, 6.45) is 8.33. The summed E-state index contributed by atoms with van der Waals surface area (Å²) in [4.78, 5) is 41.6. The van der Waals surface area contributed by atoms with E-state index in [1.165, 1.54) is 6.42 Å². The highest BCUT2D eigenvalue weighted by Gasteiger charge is 2.73. The number of hydrogen-bond donors (Lipinski definition) is 2. The van der Waals surface area contributed by atoms with E-state index < -0.39 is 22.6 Å². The number of aliphatic hydroxyl groups excluding tert-OH is 1. The van der Waals surface area contributed by atoms with Gasteiger partial charge in [-0.1, -0.05) is 19.3 Å². The van der Waals surface area contributed by atoms with Gasteiger partial charge in [0.25, 0.3) is 0 Å². The molecule has 4 aliphatic rings. The number of thioether (sulfide) groups is 1. The number of aliphatic hydroxyl groups is 1. The summed E-state index contributed by atoms with van der Waals surface area (Å²) in [7, 11) is 0. The van der Waals surface area contributed by atoms with E-state index in [0.29, 0.717) is 26.0 Å². The highest BCUT2D eigenvalue weighted by Crippen LogP contribution is 2.66. The second kappa shape index (κ2) is 9.07. The maximum atomic E-state index is 13.6. The van der Waals surface area contributed by atoms with E-state index in [1.807, 2.05) is 0 Å². The predicted molar refractivity (Wildman–Crippen MR) is 114 cm³/mol. The van der Waals surface area contributed by atoms with Gasteiger partial charge in [0.1, 0.15) is 6.04 Å². The molecule has 3 heterocycles. The monoisotopic (exact) mass is 438 g/mol. The van der Waals surface area contributed by atoms with Crippen molar-refractivity contribution in [2.45, 2.75) is 86.8 Å². The fraction of sp³-hybridized carbons (Fsp3) is 0.864. The van der Waals surface area contributed by atoms with Gasteiger partial charge in [-0.3, -0.25) is 14.4 Å². The van der Waals surface area contributed by atoms with E-state index in [2.05, 4.69) is 5.32 Å². The third kappa shape index (κ3) is 3.64. The molecule has 1 spiro atoms. The van der Waals surface area contributed by atoms with Crippen LogP contribution >= 0.6 is 11.8 Å². The van der Waals surface area contributed by atoms with Crippen LogP contribution in [0.3, 0.4) is 0 Å². The molecule has 0 aromatic carbocycles.